The quantitative estimate of drug-likeness (QED) is 0.790. The first-order valence-electron chi connectivity index (χ1n) is 6.84. The van der Waals surface area contributed by atoms with E-state index in [-0.39, 0.29) is 17.9 Å². The van der Waals surface area contributed by atoms with Crippen LogP contribution in [0.2, 0.25) is 5.02 Å². The van der Waals surface area contributed by atoms with E-state index in [4.69, 9.17) is 11.6 Å². The van der Waals surface area contributed by atoms with Gasteiger partial charge in [-0.2, -0.15) is 0 Å². The van der Waals surface area contributed by atoms with Crippen LogP contribution in [0.25, 0.3) is 0 Å². The third kappa shape index (κ3) is 2.69. The second-order valence-electron chi connectivity index (χ2n) is 5.04. The molecule has 0 bridgehead atoms. The van der Waals surface area contributed by atoms with Gasteiger partial charge in [0.1, 0.15) is 0 Å². The Labute approximate surface area is 128 Å². The molecule has 1 atom stereocenters. The van der Waals surface area contributed by atoms with Gasteiger partial charge in [-0.3, -0.25) is 14.5 Å². The monoisotopic (exact) mass is 299 g/mol. The second kappa shape index (κ2) is 5.70. The van der Waals surface area contributed by atoms with Crippen molar-refractivity contribution in [1.29, 1.82) is 0 Å². The third-order valence-electron chi connectivity index (χ3n) is 3.71. The van der Waals surface area contributed by atoms with E-state index < -0.39 is 0 Å². The first-order chi connectivity index (χ1) is 10.2. The molecule has 0 N–H and O–H groups in total. The van der Waals surface area contributed by atoms with Crippen LogP contribution in [0.3, 0.4) is 0 Å². The number of halogens is 1. The summed E-state index contributed by atoms with van der Waals surface area (Å²) in [5.74, 6) is -0.383. The lowest BCUT2D eigenvalue weighted by molar-refractivity contribution is -0.126. The van der Waals surface area contributed by atoms with Gasteiger partial charge in [0.25, 0.3) is 5.91 Å². The fourth-order valence-electron chi connectivity index (χ4n) is 2.66. The zero-order valence-corrected chi connectivity index (χ0v) is 12.1. The molecule has 1 saturated heterocycles. The summed E-state index contributed by atoms with van der Waals surface area (Å²) in [5, 5.41) is 0.568. The highest BCUT2D eigenvalue weighted by atomic mass is 35.5. The summed E-state index contributed by atoms with van der Waals surface area (Å²) in [6, 6.07) is 16.1. The van der Waals surface area contributed by atoms with Crippen molar-refractivity contribution in [1.82, 2.24) is 4.90 Å². The van der Waals surface area contributed by atoms with Gasteiger partial charge in [0.05, 0.1) is 6.04 Å². The van der Waals surface area contributed by atoms with Crippen LogP contribution in [0.1, 0.15) is 34.8 Å². The minimum absolute atomic E-state index is 0.121. The van der Waals surface area contributed by atoms with Gasteiger partial charge in [0.2, 0.25) is 5.91 Å². The van der Waals surface area contributed by atoms with E-state index in [0.29, 0.717) is 23.4 Å². The molecule has 106 valence electrons. The molecule has 0 aliphatic carbocycles. The van der Waals surface area contributed by atoms with Gasteiger partial charge in [-0.1, -0.05) is 41.9 Å². The summed E-state index contributed by atoms with van der Waals surface area (Å²) in [5.41, 5.74) is 1.47. The van der Waals surface area contributed by atoms with E-state index in [1.807, 2.05) is 30.3 Å². The molecular formula is C17H14ClNO2. The molecule has 1 heterocycles. The first kappa shape index (κ1) is 13.8. The van der Waals surface area contributed by atoms with Gasteiger partial charge >= 0.3 is 0 Å². The molecule has 2 aromatic carbocycles. The molecule has 2 amide bonds. The molecular weight excluding hydrogens is 286 g/mol. The topological polar surface area (TPSA) is 37.4 Å². The summed E-state index contributed by atoms with van der Waals surface area (Å²) in [6.07, 6.45) is 1.07. The van der Waals surface area contributed by atoms with Crippen molar-refractivity contribution in [3.63, 3.8) is 0 Å². The van der Waals surface area contributed by atoms with Crippen molar-refractivity contribution < 1.29 is 9.59 Å². The summed E-state index contributed by atoms with van der Waals surface area (Å²) < 4.78 is 0. The Bertz CT molecular complexity index is 667. The van der Waals surface area contributed by atoms with E-state index >= 15 is 0 Å². The van der Waals surface area contributed by atoms with Crippen molar-refractivity contribution in [3.05, 3.63) is 70.7 Å². The lowest BCUT2D eigenvalue weighted by atomic mass is 10.0. The van der Waals surface area contributed by atoms with Gasteiger partial charge in [-0.25, -0.2) is 0 Å². The molecule has 4 heteroatoms. The zero-order chi connectivity index (χ0) is 14.8. The highest BCUT2D eigenvalue weighted by Crippen LogP contribution is 2.34. The fraction of sp³-hybridized carbons (Fsp3) is 0.176. The first-order valence-corrected chi connectivity index (χ1v) is 7.21. The lowest BCUT2D eigenvalue weighted by Gasteiger charge is -2.23. The number of imide groups is 1. The maximum absolute atomic E-state index is 12.6. The number of likely N-dealkylation sites (tertiary alicyclic amines) is 1. The number of hydrogen-bond donors (Lipinski definition) is 0. The standard InChI is InChI=1S/C17H14ClNO2/c18-14-8-6-13(7-9-14)17(21)19-15(10-11-16(19)20)12-4-2-1-3-5-12/h1-9,15H,10-11H2/t15-/m1/s1. The summed E-state index contributed by atoms with van der Waals surface area (Å²) >= 11 is 5.84. The summed E-state index contributed by atoms with van der Waals surface area (Å²) in [4.78, 5) is 26.1. The van der Waals surface area contributed by atoms with Crippen molar-refractivity contribution >= 4 is 23.4 Å². The molecule has 1 fully saturated rings. The number of amides is 2. The Morgan fingerprint density at radius 1 is 1.05 bits per heavy atom. The average molecular weight is 300 g/mol. The van der Waals surface area contributed by atoms with E-state index in [1.165, 1.54) is 4.90 Å². The lowest BCUT2D eigenvalue weighted by Crippen LogP contribution is -2.34. The largest absolute Gasteiger partial charge is 0.274 e. The molecule has 0 aromatic heterocycles. The van der Waals surface area contributed by atoms with Gasteiger partial charge in [0.15, 0.2) is 0 Å². The van der Waals surface area contributed by atoms with E-state index in [1.54, 1.807) is 24.3 Å². The molecule has 3 nitrogen and oxygen atoms in total. The molecule has 3 rings (SSSR count). The molecule has 0 unspecified atom stereocenters. The highest BCUT2D eigenvalue weighted by Gasteiger charge is 2.36. The number of hydrogen-bond acceptors (Lipinski definition) is 2. The van der Waals surface area contributed by atoms with Crippen molar-refractivity contribution in [2.24, 2.45) is 0 Å². The van der Waals surface area contributed by atoms with E-state index in [9.17, 15) is 9.59 Å². The van der Waals surface area contributed by atoms with Crippen LogP contribution >= 0.6 is 11.6 Å². The Morgan fingerprint density at radius 2 is 1.71 bits per heavy atom. The van der Waals surface area contributed by atoms with Crippen molar-refractivity contribution in [2.45, 2.75) is 18.9 Å². The van der Waals surface area contributed by atoms with E-state index in [0.717, 1.165) is 5.56 Å². The van der Waals surface area contributed by atoms with Gasteiger partial charge < -0.3 is 0 Å². The number of carbonyl (C=O) groups excluding carboxylic acids is 2. The van der Waals surface area contributed by atoms with Gasteiger partial charge in [-0.15, -0.1) is 0 Å². The molecule has 0 spiro atoms. The zero-order valence-electron chi connectivity index (χ0n) is 11.3. The van der Waals surface area contributed by atoms with Crippen LogP contribution in [0.5, 0.6) is 0 Å². The maximum Gasteiger partial charge on any atom is 0.261 e. The average Bonchev–Trinajstić information content (AvgIpc) is 2.90. The predicted octanol–water partition coefficient (Wildman–Crippen LogP) is 3.84. The molecule has 1 aliphatic heterocycles. The molecule has 0 saturated carbocycles. The number of nitrogens with zero attached hydrogens (tertiary/aromatic N) is 1. The van der Waals surface area contributed by atoms with Crippen molar-refractivity contribution in [3.8, 4) is 0 Å². The number of benzene rings is 2. The Balaban J connectivity index is 1.92. The van der Waals surface area contributed by atoms with E-state index in [2.05, 4.69) is 0 Å². The minimum Gasteiger partial charge on any atom is -0.274 e. The highest BCUT2D eigenvalue weighted by molar-refractivity contribution is 6.30. The molecule has 2 aromatic rings. The third-order valence-corrected chi connectivity index (χ3v) is 3.96. The maximum atomic E-state index is 12.6. The fourth-order valence-corrected chi connectivity index (χ4v) is 2.79. The van der Waals surface area contributed by atoms with Crippen LogP contribution in [0, 0.1) is 0 Å². The van der Waals surface area contributed by atoms with Crippen LogP contribution < -0.4 is 0 Å². The molecule has 1 aliphatic rings. The minimum atomic E-state index is -0.261. The molecule has 0 radical (unpaired) electrons. The smallest absolute Gasteiger partial charge is 0.261 e. The van der Waals surface area contributed by atoms with Crippen LogP contribution in [-0.4, -0.2) is 16.7 Å². The summed E-state index contributed by atoms with van der Waals surface area (Å²) in [7, 11) is 0. The SMILES string of the molecule is O=C1CC[C@H](c2ccccc2)N1C(=O)c1ccc(Cl)cc1. The Morgan fingerprint density at radius 3 is 2.38 bits per heavy atom. The Hall–Kier alpha value is -2.13. The Kier molecular flexibility index (Phi) is 3.76. The number of rotatable bonds is 2. The molecule has 21 heavy (non-hydrogen) atoms. The van der Waals surface area contributed by atoms with Gasteiger partial charge in [-0.05, 0) is 36.2 Å². The van der Waals surface area contributed by atoms with Crippen LogP contribution in [0.4, 0.5) is 0 Å². The van der Waals surface area contributed by atoms with Crippen molar-refractivity contribution in [2.75, 3.05) is 0 Å². The van der Waals surface area contributed by atoms with Crippen LogP contribution in [-0.2, 0) is 4.79 Å². The number of carbonyl (C=O) groups is 2. The normalized spacial score (nSPS) is 18.0. The van der Waals surface area contributed by atoms with Crippen LogP contribution in [0.15, 0.2) is 54.6 Å². The predicted molar refractivity (Wildman–Crippen MR) is 81.0 cm³/mol. The second-order valence-corrected chi connectivity index (χ2v) is 5.48. The summed E-state index contributed by atoms with van der Waals surface area (Å²) in [6.45, 7) is 0. The van der Waals surface area contributed by atoms with Gasteiger partial charge in [0, 0.05) is 17.0 Å².